The van der Waals surface area contributed by atoms with Gasteiger partial charge in [0.1, 0.15) is 0 Å². The number of anilines is 1. The van der Waals surface area contributed by atoms with E-state index >= 15 is 0 Å². The van der Waals surface area contributed by atoms with Crippen LogP contribution in [0.4, 0.5) is 5.69 Å². The van der Waals surface area contributed by atoms with E-state index in [4.69, 9.17) is 0 Å². The standard InChI is InChI=1S/C18H15N3O2/c22-17(13-2-1-12-6-7-19-16(12)9-13)21-14-4-3-11-5-8-20-18(23)15(11)10-14/h1-4,6-7,9-10,19H,5,8H2,(H,20,23)(H,21,22). The number of carbonyl (C=O) groups excluding carboxylic acids is 2. The minimum Gasteiger partial charge on any atom is -0.361 e. The van der Waals surface area contributed by atoms with Gasteiger partial charge in [-0.05, 0) is 47.7 Å². The van der Waals surface area contributed by atoms with Crippen molar-refractivity contribution in [3.05, 3.63) is 65.4 Å². The monoisotopic (exact) mass is 305 g/mol. The number of amides is 2. The van der Waals surface area contributed by atoms with E-state index in [0.717, 1.165) is 22.9 Å². The molecule has 0 bridgehead atoms. The third kappa shape index (κ3) is 2.46. The molecule has 0 spiro atoms. The topological polar surface area (TPSA) is 74.0 Å². The Morgan fingerprint density at radius 1 is 1.09 bits per heavy atom. The average Bonchev–Trinajstić information content (AvgIpc) is 3.03. The van der Waals surface area contributed by atoms with Crippen molar-refractivity contribution in [1.29, 1.82) is 0 Å². The predicted octanol–water partition coefficient (Wildman–Crippen LogP) is 2.71. The van der Waals surface area contributed by atoms with Gasteiger partial charge in [0.2, 0.25) is 0 Å². The average molecular weight is 305 g/mol. The van der Waals surface area contributed by atoms with Crippen molar-refractivity contribution in [2.45, 2.75) is 6.42 Å². The summed E-state index contributed by atoms with van der Waals surface area (Å²) in [6.07, 6.45) is 2.66. The van der Waals surface area contributed by atoms with Gasteiger partial charge < -0.3 is 15.6 Å². The smallest absolute Gasteiger partial charge is 0.255 e. The lowest BCUT2D eigenvalue weighted by molar-refractivity contribution is 0.0944. The van der Waals surface area contributed by atoms with Crippen LogP contribution < -0.4 is 10.6 Å². The highest BCUT2D eigenvalue weighted by Gasteiger charge is 2.17. The van der Waals surface area contributed by atoms with E-state index in [-0.39, 0.29) is 11.8 Å². The summed E-state index contributed by atoms with van der Waals surface area (Å²) in [5, 5.41) is 6.73. The van der Waals surface area contributed by atoms with Crippen LogP contribution in [0.2, 0.25) is 0 Å². The summed E-state index contributed by atoms with van der Waals surface area (Å²) in [7, 11) is 0. The van der Waals surface area contributed by atoms with Crippen molar-refractivity contribution in [1.82, 2.24) is 10.3 Å². The molecule has 2 heterocycles. The number of rotatable bonds is 2. The number of hydrogen-bond acceptors (Lipinski definition) is 2. The molecule has 4 rings (SSSR count). The Kier molecular flexibility index (Phi) is 3.12. The molecular weight excluding hydrogens is 290 g/mol. The Labute approximate surface area is 132 Å². The maximum absolute atomic E-state index is 12.4. The van der Waals surface area contributed by atoms with Crippen LogP contribution in [0, 0.1) is 0 Å². The minimum absolute atomic E-state index is 0.0878. The van der Waals surface area contributed by atoms with Crippen molar-refractivity contribution in [2.75, 3.05) is 11.9 Å². The van der Waals surface area contributed by atoms with Crippen LogP contribution in [0.5, 0.6) is 0 Å². The lowest BCUT2D eigenvalue weighted by atomic mass is 10.00. The van der Waals surface area contributed by atoms with Crippen LogP contribution in [0.15, 0.2) is 48.7 Å². The fourth-order valence-electron chi connectivity index (χ4n) is 2.88. The Balaban J connectivity index is 1.61. The molecule has 23 heavy (non-hydrogen) atoms. The predicted molar refractivity (Wildman–Crippen MR) is 88.7 cm³/mol. The Bertz CT molecular complexity index is 927. The second-order valence-corrected chi connectivity index (χ2v) is 5.61. The highest BCUT2D eigenvalue weighted by molar-refractivity contribution is 6.07. The van der Waals surface area contributed by atoms with E-state index in [9.17, 15) is 9.59 Å². The fourth-order valence-corrected chi connectivity index (χ4v) is 2.88. The molecule has 5 heteroatoms. The number of hydrogen-bond donors (Lipinski definition) is 3. The van der Waals surface area contributed by atoms with Crippen molar-refractivity contribution < 1.29 is 9.59 Å². The molecule has 5 nitrogen and oxygen atoms in total. The zero-order valence-electron chi connectivity index (χ0n) is 12.3. The number of fused-ring (bicyclic) bond motifs is 2. The third-order valence-electron chi connectivity index (χ3n) is 4.11. The highest BCUT2D eigenvalue weighted by atomic mass is 16.2. The van der Waals surface area contributed by atoms with Crippen LogP contribution in [0.1, 0.15) is 26.3 Å². The molecule has 0 saturated heterocycles. The second-order valence-electron chi connectivity index (χ2n) is 5.61. The number of carbonyl (C=O) groups is 2. The first-order valence-electron chi connectivity index (χ1n) is 7.50. The largest absolute Gasteiger partial charge is 0.361 e. The quantitative estimate of drug-likeness (QED) is 0.681. The van der Waals surface area contributed by atoms with Gasteiger partial charge in [0.05, 0.1) is 0 Å². The Morgan fingerprint density at radius 2 is 2.00 bits per heavy atom. The molecule has 0 unspecified atom stereocenters. The maximum Gasteiger partial charge on any atom is 0.255 e. The molecule has 2 amide bonds. The SMILES string of the molecule is O=C(Nc1ccc2c(c1)C(=O)NCC2)c1ccc2cc[nH]c2c1. The van der Waals surface area contributed by atoms with Gasteiger partial charge in [0.25, 0.3) is 11.8 Å². The van der Waals surface area contributed by atoms with Gasteiger partial charge in [0, 0.05) is 35.1 Å². The molecule has 3 N–H and O–H groups in total. The van der Waals surface area contributed by atoms with E-state index < -0.39 is 0 Å². The van der Waals surface area contributed by atoms with Gasteiger partial charge >= 0.3 is 0 Å². The van der Waals surface area contributed by atoms with Gasteiger partial charge in [-0.15, -0.1) is 0 Å². The van der Waals surface area contributed by atoms with Crippen molar-refractivity contribution in [2.24, 2.45) is 0 Å². The molecule has 1 aliphatic rings. The summed E-state index contributed by atoms with van der Waals surface area (Å²) in [5.41, 5.74) is 3.76. The molecule has 0 atom stereocenters. The summed E-state index contributed by atoms with van der Waals surface area (Å²) >= 11 is 0. The van der Waals surface area contributed by atoms with Gasteiger partial charge in [-0.1, -0.05) is 12.1 Å². The number of aromatic nitrogens is 1. The van der Waals surface area contributed by atoms with E-state index in [1.807, 2.05) is 36.5 Å². The first-order valence-corrected chi connectivity index (χ1v) is 7.50. The van der Waals surface area contributed by atoms with Crippen LogP contribution in [-0.4, -0.2) is 23.3 Å². The second kappa shape index (κ2) is 5.28. The normalized spacial score (nSPS) is 13.5. The van der Waals surface area contributed by atoms with Gasteiger partial charge in [-0.25, -0.2) is 0 Å². The van der Waals surface area contributed by atoms with Crippen LogP contribution >= 0.6 is 0 Å². The molecule has 0 aliphatic carbocycles. The molecule has 1 aromatic heterocycles. The van der Waals surface area contributed by atoms with Crippen LogP contribution in [-0.2, 0) is 6.42 Å². The first kappa shape index (κ1) is 13.6. The number of aromatic amines is 1. The summed E-state index contributed by atoms with van der Waals surface area (Å²) in [5.74, 6) is -0.284. The minimum atomic E-state index is -0.197. The molecule has 0 radical (unpaired) electrons. The van der Waals surface area contributed by atoms with E-state index in [2.05, 4.69) is 15.6 Å². The summed E-state index contributed by atoms with van der Waals surface area (Å²) in [6, 6.07) is 12.9. The van der Waals surface area contributed by atoms with Crippen molar-refractivity contribution in [3.8, 4) is 0 Å². The van der Waals surface area contributed by atoms with E-state index in [0.29, 0.717) is 23.4 Å². The summed E-state index contributed by atoms with van der Waals surface area (Å²) < 4.78 is 0. The van der Waals surface area contributed by atoms with Gasteiger partial charge in [-0.2, -0.15) is 0 Å². The summed E-state index contributed by atoms with van der Waals surface area (Å²) in [6.45, 7) is 0.660. The van der Waals surface area contributed by atoms with Crippen molar-refractivity contribution >= 4 is 28.4 Å². The number of H-pyrrole nitrogens is 1. The van der Waals surface area contributed by atoms with E-state index in [1.165, 1.54) is 0 Å². The van der Waals surface area contributed by atoms with Crippen molar-refractivity contribution in [3.63, 3.8) is 0 Å². The van der Waals surface area contributed by atoms with Gasteiger partial charge in [0.15, 0.2) is 0 Å². The van der Waals surface area contributed by atoms with Crippen LogP contribution in [0.25, 0.3) is 10.9 Å². The zero-order chi connectivity index (χ0) is 15.8. The first-order chi connectivity index (χ1) is 11.2. The summed E-state index contributed by atoms with van der Waals surface area (Å²) in [4.78, 5) is 27.4. The lowest BCUT2D eigenvalue weighted by Gasteiger charge is -2.17. The molecule has 114 valence electrons. The molecular formula is C18H15N3O2. The number of nitrogens with one attached hydrogen (secondary N) is 3. The lowest BCUT2D eigenvalue weighted by Crippen LogP contribution is -2.31. The number of benzene rings is 2. The molecule has 2 aromatic carbocycles. The molecule has 0 fully saturated rings. The molecule has 0 saturated carbocycles. The maximum atomic E-state index is 12.4. The van der Waals surface area contributed by atoms with Gasteiger partial charge in [-0.3, -0.25) is 9.59 Å². The van der Waals surface area contributed by atoms with Crippen LogP contribution in [0.3, 0.4) is 0 Å². The Morgan fingerprint density at radius 3 is 2.91 bits per heavy atom. The molecule has 1 aliphatic heterocycles. The zero-order valence-corrected chi connectivity index (χ0v) is 12.3. The molecule has 3 aromatic rings. The van der Waals surface area contributed by atoms with E-state index in [1.54, 1.807) is 12.1 Å². The third-order valence-corrected chi connectivity index (χ3v) is 4.11. The Hall–Kier alpha value is -3.08. The fraction of sp³-hybridized carbons (Fsp3) is 0.111. The highest BCUT2D eigenvalue weighted by Crippen LogP contribution is 2.20.